The Kier molecular flexibility index (Phi) is 4.07. The van der Waals surface area contributed by atoms with Crippen LogP contribution < -0.4 is 0 Å². The molecular weight excluding hydrogens is 308 g/mol. The second-order valence-electron chi connectivity index (χ2n) is 7.01. The van der Waals surface area contributed by atoms with Gasteiger partial charge in [0.1, 0.15) is 0 Å². The highest BCUT2D eigenvalue weighted by Crippen LogP contribution is 2.49. The van der Waals surface area contributed by atoms with E-state index < -0.39 is 11.4 Å². The molecule has 6 heteroatoms. The second-order valence-corrected chi connectivity index (χ2v) is 7.01. The van der Waals surface area contributed by atoms with Gasteiger partial charge in [0.25, 0.3) is 11.8 Å². The number of hydrogen-bond donors (Lipinski definition) is 1. The first kappa shape index (κ1) is 16.5. The standard InChI is InChI=1S/C18H22N2O4/c1-19(2)15(21)12-5-7-13(8-6-12)16(22)20-10-14-4-3-9-18(14,11-20)17(23)24/h5-8,14H,3-4,9-11H2,1-2H3,(H,23,24)/t14-,18+/m0/s1. The third kappa shape index (κ3) is 2.56. The first-order valence-electron chi connectivity index (χ1n) is 8.19. The van der Waals surface area contributed by atoms with Crippen molar-refractivity contribution in [3.05, 3.63) is 35.4 Å². The van der Waals surface area contributed by atoms with Crippen molar-refractivity contribution in [2.75, 3.05) is 27.2 Å². The maximum Gasteiger partial charge on any atom is 0.311 e. The van der Waals surface area contributed by atoms with E-state index in [1.165, 1.54) is 4.90 Å². The van der Waals surface area contributed by atoms with Gasteiger partial charge >= 0.3 is 5.97 Å². The van der Waals surface area contributed by atoms with Gasteiger partial charge in [-0.05, 0) is 43.0 Å². The van der Waals surface area contributed by atoms with Crippen molar-refractivity contribution in [1.29, 1.82) is 0 Å². The van der Waals surface area contributed by atoms with E-state index >= 15 is 0 Å². The molecule has 3 rings (SSSR count). The number of carboxylic acid groups (broad SMARTS) is 1. The summed E-state index contributed by atoms with van der Waals surface area (Å²) in [5.74, 6) is -1.01. The van der Waals surface area contributed by atoms with Crippen LogP contribution in [-0.4, -0.2) is 59.9 Å². The third-order valence-corrected chi connectivity index (χ3v) is 5.37. The molecule has 1 N–H and O–H groups in total. The van der Waals surface area contributed by atoms with Crippen LogP contribution in [0.2, 0.25) is 0 Å². The van der Waals surface area contributed by atoms with Gasteiger partial charge in [0.05, 0.1) is 5.41 Å². The smallest absolute Gasteiger partial charge is 0.311 e. The van der Waals surface area contributed by atoms with Crippen LogP contribution in [0.25, 0.3) is 0 Å². The molecule has 24 heavy (non-hydrogen) atoms. The van der Waals surface area contributed by atoms with Crippen molar-refractivity contribution >= 4 is 17.8 Å². The number of benzene rings is 1. The van der Waals surface area contributed by atoms with Crippen LogP contribution in [0, 0.1) is 11.3 Å². The summed E-state index contributed by atoms with van der Waals surface area (Å²) in [5.41, 5.74) is 0.249. The average molecular weight is 330 g/mol. The second kappa shape index (κ2) is 5.92. The van der Waals surface area contributed by atoms with Gasteiger partial charge in [-0.3, -0.25) is 14.4 Å². The number of carboxylic acids is 1. The molecule has 6 nitrogen and oxygen atoms in total. The van der Waals surface area contributed by atoms with Gasteiger partial charge in [-0.1, -0.05) is 6.42 Å². The number of carbonyl (C=O) groups is 3. The summed E-state index contributed by atoms with van der Waals surface area (Å²) in [6, 6.07) is 6.56. The molecule has 1 aliphatic heterocycles. The number of nitrogens with zero attached hydrogens (tertiary/aromatic N) is 2. The summed E-state index contributed by atoms with van der Waals surface area (Å²) in [4.78, 5) is 39.4. The maximum atomic E-state index is 12.7. The van der Waals surface area contributed by atoms with E-state index in [0.29, 0.717) is 24.1 Å². The van der Waals surface area contributed by atoms with Gasteiger partial charge in [0.15, 0.2) is 0 Å². The molecule has 1 heterocycles. The Morgan fingerprint density at radius 1 is 1.17 bits per heavy atom. The molecule has 0 spiro atoms. The number of hydrogen-bond acceptors (Lipinski definition) is 3. The fraction of sp³-hybridized carbons (Fsp3) is 0.500. The molecule has 1 aliphatic carbocycles. The highest BCUT2D eigenvalue weighted by Gasteiger charge is 2.55. The van der Waals surface area contributed by atoms with E-state index in [9.17, 15) is 19.5 Å². The van der Waals surface area contributed by atoms with Crippen LogP contribution in [0.3, 0.4) is 0 Å². The molecule has 128 valence electrons. The molecular formula is C18H22N2O4. The number of carbonyl (C=O) groups excluding carboxylic acids is 2. The fourth-order valence-electron chi connectivity index (χ4n) is 3.99. The van der Waals surface area contributed by atoms with Gasteiger partial charge in [-0.25, -0.2) is 0 Å². The number of amides is 2. The van der Waals surface area contributed by atoms with Gasteiger partial charge in [0, 0.05) is 38.3 Å². The number of aliphatic carboxylic acids is 1. The molecule has 0 radical (unpaired) electrons. The third-order valence-electron chi connectivity index (χ3n) is 5.37. The first-order chi connectivity index (χ1) is 11.3. The first-order valence-corrected chi connectivity index (χ1v) is 8.19. The summed E-state index contributed by atoms with van der Waals surface area (Å²) in [6.45, 7) is 0.785. The SMILES string of the molecule is CN(C)C(=O)c1ccc(C(=O)N2C[C@@H]3CCC[C@@]3(C(=O)O)C2)cc1. The molecule has 1 aromatic carbocycles. The minimum Gasteiger partial charge on any atom is -0.481 e. The van der Waals surface area contributed by atoms with Crippen molar-refractivity contribution in [2.24, 2.45) is 11.3 Å². The van der Waals surface area contributed by atoms with Crippen molar-refractivity contribution < 1.29 is 19.5 Å². The van der Waals surface area contributed by atoms with Gasteiger partial charge in [-0.15, -0.1) is 0 Å². The van der Waals surface area contributed by atoms with Crippen LogP contribution >= 0.6 is 0 Å². The lowest BCUT2D eigenvalue weighted by molar-refractivity contribution is -0.149. The van der Waals surface area contributed by atoms with Crippen LogP contribution in [0.1, 0.15) is 40.0 Å². The Hall–Kier alpha value is -2.37. The Morgan fingerprint density at radius 2 is 1.79 bits per heavy atom. The highest BCUT2D eigenvalue weighted by atomic mass is 16.4. The van der Waals surface area contributed by atoms with E-state index in [4.69, 9.17) is 0 Å². The molecule has 2 amide bonds. The summed E-state index contributed by atoms with van der Waals surface area (Å²) < 4.78 is 0. The van der Waals surface area contributed by atoms with Crippen molar-refractivity contribution in [3.8, 4) is 0 Å². The molecule has 0 bridgehead atoms. The minimum absolute atomic E-state index is 0.0496. The molecule has 1 saturated carbocycles. The fourth-order valence-corrected chi connectivity index (χ4v) is 3.99. The Morgan fingerprint density at radius 3 is 2.33 bits per heavy atom. The topological polar surface area (TPSA) is 77.9 Å². The molecule has 0 aromatic heterocycles. The largest absolute Gasteiger partial charge is 0.481 e. The Labute approximate surface area is 141 Å². The van der Waals surface area contributed by atoms with Crippen molar-refractivity contribution in [1.82, 2.24) is 9.80 Å². The van der Waals surface area contributed by atoms with Crippen LogP contribution in [0.5, 0.6) is 0 Å². The van der Waals surface area contributed by atoms with E-state index in [1.54, 1.807) is 43.3 Å². The van der Waals surface area contributed by atoms with Crippen molar-refractivity contribution in [2.45, 2.75) is 19.3 Å². The minimum atomic E-state index is -0.785. The van der Waals surface area contributed by atoms with E-state index in [1.807, 2.05) is 0 Å². The van der Waals surface area contributed by atoms with Crippen molar-refractivity contribution in [3.63, 3.8) is 0 Å². The molecule has 2 atom stereocenters. The maximum absolute atomic E-state index is 12.7. The summed E-state index contributed by atoms with van der Waals surface area (Å²) in [5, 5.41) is 9.61. The van der Waals surface area contributed by atoms with Crippen LogP contribution in [0.4, 0.5) is 0 Å². The normalized spacial score (nSPS) is 25.4. The molecule has 2 fully saturated rings. The zero-order valence-corrected chi connectivity index (χ0v) is 14.0. The molecule has 1 aromatic rings. The number of rotatable bonds is 3. The van der Waals surface area contributed by atoms with E-state index in [0.717, 1.165) is 12.8 Å². The summed E-state index contributed by atoms with van der Waals surface area (Å²) >= 11 is 0. The quantitative estimate of drug-likeness (QED) is 0.915. The zero-order valence-electron chi connectivity index (χ0n) is 14.0. The van der Waals surface area contributed by atoms with Gasteiger partial charge in [0.2, 0.25) is 0 Å². The Balaban J connectivity index is 1.76. The predicted octanol–water partition coefficient (Wildman–Crippen LogP) is 1.72. The molecule has 2 aliphatic rings. The van der Waals surface area contributed by atoms with Crippen LogP contribution in [0.15, 0.2) is 24.3 Å². The van der Waals surface area contributed by atoms with Gasteiger partial charge < -0.3 is 14.9 Å². The number of fused-ring (bicyclic) bond motifs is 1. The lowest BCUT2D eigenvalue weighted by Crippen LogP contribution is -2.37. The predicted molar refractivity (Wildman–Crippen MR) is 87.8 cm³/mol. The summed E-state index contributed by atoms with van der Waals surface area (Å²) in [7, 11) is 3.35. The summed E-state index contributed by atoms with van der Waals surface area (Å²) in [6.07, 6.45) is 2.43. The Bertz CT molecular complexity index is 683. The lowest BCUT2D eigenvalue weighted by atomic mass is 9.81. The molecule has 0 unspecified atom stereocenters. The number of likely N-dealkylation sites (tertiary alicyclic amines) is 1. The van der Waals surface area contributed by atoms with E-state index in [-0.39, 0.29) is 24.3 Å². The van der Waals surface area contributed by atoms with Crippen LogP contribution in [-0.2, 0) is 4.79 Å². The van der Waals surface area contributed by atoms with E-state index in [2.05, 4.69) is 0 Å². The monoisotopic (exact) mass is 330 g/mol. The average Bonchev–Trinajstić information content (AvgIpc) is 3.11. The lowest BCUT2D eigenvalue weighted by Gasteiger charge is -2.23. The molecule has 1 saturated heterocycles. The highest BCUT2D eigenvalue weighted by molar-refractivity contribution is 5.98. The zero-order chi connectivity index (χ0) is 17.5. The van der Waals surface area contributed by atoms with Gasteiger partial charge in [-0.2, -0.15) is 0 Å².